The molecular formula is C15H20N4O3S2. The van der Waals surface area contributed by atoms with Crippen LogP contribution in [-0.2, 0) is 16.4 Å². The minimum Gasteiger partial charge on any atom is -0.321 e. The van der Waals surface area contributed by atoms with E-state index in [0.717, 1.165) is 24.4 Å². The van der Waals surface area contributed by atoms with Crippen LogP contribution < -0.4 is 10.0 Å². The fourth-order valence-electron chi connectivity index (χ4n) is 2.01. The zero-order valence-electron chi connectivity index (χ0n) is 13.6. The number of carbonyl (C=O) groups is 1. The third-order valence-corrected chi connectivity index (χ3v) is 5.55. The molecule has 0 aliphatic carbocycles. The molecule has 0 unspecified atom stereocenters. The van der Waals surface area contributed by atoms with Crippen LogP contribution in [0.3, 0.4) is 0 Å². The molecular weight excluding hydrogens is 348 g/mol. The number of unbranched alkanes of at least 4 members (excludes halogenated alkanes) is 1. The number of aryl methyl sites for hydroxylation is 1. The Balaban J connectivity index is 2.14. The van der Waals surface area contributed by atoms with Crippen molar-refractivity contribution in [2.75, 3.05) is 11.9 Å². The third-order valence-electron chi connectivity index (χ3n) is 3.32. The van der Waals surface area contributed by atoms with Crippen molar-refractivity contribution in [2.45, 2.75) is 38.0 Å². The summed E-state index contributed by atoms with van der Waals surface area (Å²) in [5, 5.41) is 6.60. The number of anilines is 1. The molecule has 1 heterocycles. The SMILES string of the molecule is CCCCNS(=O)(=O)c1cccc(NC(=O)c2snnc2CC)c1. The molecule has 24 heavy (non-hydrogen) atoms. The number of aromatic nitrogens is 2. The van der Waals surface area contributed by atoms with E-state index in [1.165, 1.54) is 12.1 Å². The number of hydrogen-bond acceptors (Lipinski definition) is 6. The Morgan fingerprint density at radius 2 is 2.08 bits per heavy atom. The summed E-state index contributed by atoms with van der Waals surface area (Å²) in [5.41, 5.74) is 1.04. The van der Waals surface area contributed by atoms with Crippen LogP contribution in [0.2, 0.25) is 0 Å². The number of nitrogens with one attached hydrogen (secondary N) is 2. The first-order valence-corrected chi connectivity index (χ1v) is 9.96. The van der Waals surface area contributed by atoms with Crippen LogP contribution in [0.25, 0.3) is 0 Å². The van der Waals surface area contributed by atoms with Gasteiger partial charge in [0.1, 0.15) is 4.88 Å². The number of hydrogen-bond donors (Lipinski definition) is 2. The summed E-state index contributed by atoms with van der Waals surface area (Å²) in [5.74, 6) is -0.338. The molecule has 130 valence electrons. The van der Waals surface area contributed by atoms with Gasteiger partial charge in [0.2, 0.25) is 10.0 Å². The fraction of sp³-hybridized carbons (Fsp3) is 0.400. The van der Waals surface area contributed by atoms with E-state index in [1.807, 2.05) is 13.8 Å². The van der Waals surface area contributed by atoms with Gasteiger partial charge >= 0.3 is 0 Å². The largest absolute Gasteiger partial charge is 0.321 e. The fourth-order valence-corrected chi connectivity index (χ4v) is 3.77. The molecule has 0 saturated carbocycles. The molecule has 0 aliphatic heterocycles. The highest BCUT2D eigenvalue weighted by Crippen LogP contribution is 2.18. The van der Waals surface area contributed by atoms with Crippen LogP contribution in [0.15, 0.2) is 29.2 Å². The molecule has 7 nitrogen and oxygen atoms in total. The third kappa shape index (κ3) is 4.59. The molecule has 2 rings (SSSR count). The summed E-state index contributed by atoms with van der Waals surface area (Å²) in [4.78, 5) is 12.8. The molecule has 2 aromatic rings. The van der Waals surface area contributed by atoms with Crippen molar-refractivity contribution in [2.24, 2.45) is 0 Å². The zero-order valence-corrected chi connectivity index (χ0v) is 15.2. The van der Waals surface area contributed by atoms with Gasteiger partial charge in [-0.2, -0.15) is 0 Å². The van der Waals surface area contributed by atoms with Gasteiger partial charge in [0.25, 0.3) is 5.91 Å². The number of rotatable bonds is 8. The maximum absolute atomic E-state index is 12.3. The van der Waals surface area contributed by atoms with Crippen molar-refractivity contribution in [3.63, 3.8) is 0 Å². The van der Waals surface area contributed by atoms with Crippen molar-refractivity contribution in [3.05, 3.63) is 34.8 Å². The molecule has 0 spiro atoms. The number of benzene rings is 1. The van der Waals surface area contributed by atoms with E-state index in [4.69, 9.17) is 0 Å². The molecule has 0 saturated heterocycles. The standard InChI is InChI=1S/C15H20N4O3S2/c1-3-5-9-16-24(21,22)12-8-6-7-11(10-12)17-15(20)14-13(4-2)18-19-23-14/h6-8,10,16H,3-5,9H2,1-2H3,(H,17,20). The quantitative estimate of drug-likeness (QED) is 0.697. The highest BCUT2D eigenvalue weighted by atomic mass is 32.2. The lowest BCUT2D eigenvalue weighted by Crippen LogP contribution is -2.24. The summed E-state index contributed by atoms with van der Waals surface area (Å²) in [6.45, 7) is 4.27. The predicted molar refractivity (Wildman–Crippen MR) is 93.8 cm³/mol. The maximum Gasteiger partial charge on any atom is 0.269 e. The van der Waals surface area contributed by atoms with Crippen molar-refractivity contribution in [1.82, 2.24) is 14.3 Å². The second kappa shape index (κ2) is 8.32. The lowest BCUT2D eigenvalue weighted by Gasteiger charge is -2.09. The predicted octanol–water partition coefficient (Wildman–Crippen LogP) is 2.43. The van der Waals surface area contributed by atoms with Crippen LogP contribution >= 0.6 is 11.5 Å². The molecule has 2 N–H and O–H groups in total. The lowest BCUT2D eigenvalue weighted by molar-refractivity contribution is 0.102. The normalized spacial score (nSPS) is 11.4. The monoisotopic (exact) mass is 368 g/mol. The van der Waals surface area contributed by atoms with Gasteiger partial charge < -0.3 is 5.32 Å². The summed E-state index contributed by atoms with van der Waals surface area (Å²) < 4.78 is 30.8. The minimum absolute atomic E-state index is 0.120. The van der Waals surface area contributed by atoms with Crippen molar-refractivity contribution >= 4 is 33.2 Å². The van der Waals surface area contributed by atoms with E-state index in [0.29, 0.717) is 29.2 Å². The Bertz CT molecular complexity index is 803. The smallest absolute Gasteiger partial charge is 0.269 e. The number of nitrogens with zero attached hydrogens (tertiary/aromatic N) is 2. The Kier molecular flexibility index (Phi) is 6.41. The molecule has 0 fully saturated rings. The van der Waals surface area contributed by atoms with E-state index >= 15 is 0 Å². The first kappa shape index (κ1) is 18.5. The highest BCUT2D eigenvalue weighted by Gasteiger charge is 2.17. The average Bonchev–Trinajstić information content (AvgIpc) is 3.04. The van der Waals surface area contributed by atoms with Gasteiger partial charge in [-0.25, -0.2) is 13.1 Å². The Morgan fingerprint density at radius 3 is 2.79 bits per heavy atom. The van der Waals surface area contributed by atoms with Gasteiger partial charge in [-0.3, -0.25) is 4.79 Å². The molecule has 9 heteroatoms. The summed E-state index contributed by atoms with van der Waals surface area (Å²) in [7, 11) is -3.58. The first-order chi connectivity index (χ1) is 11.5. The zero-order chi connectivity index (χ0) is 17.6. The second-order valence-corrected chi connectivity index (χ2v) is 7.66. The number of sulfonamides is 1. The van der Waals surface area contributed by atoms with E-state index in [1.54, 1.807) is 12.1 Å². The van der Waals surface area contributed by atoms with Gasteiger partial charge in [-0.1, -0.05) is 30.8 Å². The molecule has 0 bridgehead atoms. The summed E-state index contributed by atoms with van der Waals surface area (Å²) in [6.07, 6.45) is 2.28. The van der Waals surface area contributed by atoms with Gasteiger partial charge in [0.15, 0.2) is 0 Å². The Hall–Kier alpha value is -1.84. The summed E-state index contributed by atoms with van der Waals surface area (Å²) in [6, 6.07) is 6.17. The van der Waals surface area contributed by atoms with Crippen molar-refractivity contribution < 1.29 is 13.2 Å². The van der Waals surface area contributed by atoms with E-state index in [9.17, 15) is 13.2 Å². The molecule has 1 aromatic heterocycles. The van der Waals surface area contributed by atoms with Crippen molar-refractivity contribution in [3.8, 4) is 0 Å². The molecule has 1 aromatic carbocycles. The molecule has 0 radical (unpaired) electrons. The number of carbonyl (C=O) groups excluding carboxylic acids is 1. The van der Waals surface area contributed by atoms with Crippen LogP contribution in [0.1, 0.15) is 42.1 Å². The maximum atomic E-state index is 12.3. The molecule has 1 amide bonds. The van der Waals surface area contributed by atoms with Crippen molar-refractivity contribution in [1.29, 1.82) is 0 Å². The lowest BCUT2D eigenvalue weighted by atomic mass is 10.2. The molecule has 0 atom stereocenters. The minimum atomic E-state index is -3.58. The van der Waals surface area contributed by atoms with E-state index in [2.05, 4.69) is 19.6 Å². The number of amides is 1. The topological polar surface area (TPSA) is 101 Å². The van der Waals surface area contributed by atoms with E-state index in [-0.39, 0.29) is 10.8 Å². The van der Waals surface area contributed by atoms with Gasteiger partial charge in [0.05, 0.1) is 10.6 Å². The second-order valence-electron chi connectivity index (χ2n) is 5.14. The van der Waals surface area contributed by atoms with Gasteiger partial charge in [0, 0.05) is 12.2 Å². The van der Waals surface area contributed by atoms with Crippen LogP contribution in [0, 0.1) is 0 Å². The average molecular weight is 368 g/mol. The first-order valence-electron chi connectivity index (χ1n) is 7.70. The van der Waals surface area contributed by atoms with Gasteiger partial charge in [-0.05, 0) is 42.6 Å². The van der Waals surface area contributed by atoms with Crippen LogP contribution in [-0.4, -0.2) is 30.5 Å². The Morgan fingerprint density at radius 1 is 1.29 bits per heavy atom. The Labute approximate surface area is 145 Å². The molecule has 0 aliphatic rings. The van der Waals surface area contributed by atoms with E-state index < -0.39 is 10.0 Å². The highest BCUT2D eigenvalue weighted by molar-refractivity contribution is 7.89. The van der Waals surface area contributed by atoms with Gasteiger partial charge in [-0.15, -0.1) is 5.10 Å². The van der Waals surface area contributed by atoms with Crippen LogP contribution in [0.5, 0.6) is 0 Å². The summed E-state index contributed by atoms with van der Waals surface area (Å²) >= 11 is 1.02. The van der Waals surface area contributed by atoms with Crippen LogP contribution in [0.4, 0.5) is 5.69 Å².